The van der Waals surface area contributed by atoms with Gasteiger partial charge in [0, 0.05) is 11.1 Å². The third kappa shape index (κ3) is 4.35. The van der Waals surface area contributed by atoms with Crippen molar-refractivity contribution >= 4 is 13.5 Å². The van der Waals surface area contributed by atoms with Crippen molar-refractivity contribution in [2.24, 2.45) is 0 Å². The van der Waals surface area contributed by atoms with Crippen LogP contribution in [0.3, 0.4) is 0 Å². The molecule has 2 aromatic carbocycles. The Morgan fingerprint density at radius 1 is 1.05 bits per heavy atom. The van der Waals surface area contributed by atoms with E-state index in [1.165, 1.54) is 0 Å². The molecule has 0 aliphatic rings. The minimum absolute atomic E-state index is 0.0678. The predicted molar refractivity (Wildman–Crippen MR) is 80.4 cm³/mol. The molecule has 0 aliphatic carbocycles. The van der Waals surface area contributed by atoms with Crippen LogP contribution in [0.2, 0.25) is 0 Å². The van der Waals surface area contributed by atoms with Crippen LogP contribution in [-0.2, 0) is 15.3 Å². The lowest BCUT2D eigenvalue weighted by Gasteiger charge is -2.08. The minimum Gasteiger partial charge on any atom is -0.306 e. The summed E-state index contributed by atoms with van der Waals surface area (Å²) in [5.74, 6) is -0.101. The van der Waals surface area contributed by atoms with Crippen LogP contribution in [0.15, 0.2) is 54.6 Å². The highest BCUT2D eigenvalue weighted by Gasteiger charge is 2.22. The topological polar surface area (TPSA) is 43.4 Å². The second-order valence-electron chi connectivity index (χ2n) is 4.56. The summed E-state index contributed by atoms with van der Waals surface area (Å²) in [6.45, 7) is 1.66. The molecule has 0 saturated carbocycles. The van der Waals surface area contributed by atoms with Crippen molar-refractivity contribution in [3.05, 3.63) is 71.3 Å². The molecule has 0 saturated heterocycles. The number of halogens is 1. The van der Waals surface area contributed by atoms with Crippen LogP contribution in [0.5, 0.6) is 0 Å². The van der Waals surface area contributed by atoms with E-state index in [1.54, 1.807) is 55.5 Å². The second kappa shape index (κ2) is 6.79. The van der Waals surface area contributed by atoms with Crippen molar-refractivity contribution in [2.75, 3.05) is 6.61 Å². The van der Waals surface area contributed by atoms with Gasteiger partial charge in [-0.25, -0.2) is 0 Å². The fourth-order valence-electron chi connectivity index (χ4n) is 1.97. The molecule has 0 heterocycles. The number of carbonyl (C=O) groups excluding carboxylic acids is 1. The molecule has 0 radical (unpaired) electrons. The number of carbonyl (C=O) groups is 1. The Kier molecular flexibility index (Phi) is 5.05. The van der Waals surface area contributed by atoms with Crippen molar-refractivity contribution in [2.45, 2.75) is 13.1 Å². The molecule has 1 unspecified atom stereocenters. The van der Waals surface area contributed by atoms with E-state index in [9.17, 15) is 13.6 Å². The number of hydrogen-bond acceptors (Lipinski definition) is 3. The van der Waals surface area contributed by atoms with Gasteiger partial charge < -0.3 is 4.52 Å². The normalized spacial score (nSPS) is 13.6. The van der Waals surface area contributed by atoms with Crippen LogP contribution >= 0.6 is 7.68 Å². The molecule has 0 N–H and O–H groups in total. The molecule has 0 spiro atoms. The zero-order chi connectivity index (χ0) is 15.3. The summed E-state index contributed by atoms with van der Waals surface area (Å²) in [6, 6.07) is 15.3. The van der Waals surface area contributed by atoms with Crippen LogP contribution in [0.4, 0.5) is 4.20 Å². The molecule has 21 heavy (non-hydrogen) atoms. The monoisotopic (exact) mass is 306 g/mol. The van der Waals surface area contributed by atoms with E-state index in [2.05, 4.69) is 4.52 Å². The highest BCUT2D eigenvalue weighted by atomic mass is 31.2. The summed E-state index contributed by atoms with van der Waals surface area (Å²) in [6.07, 6.45) is -0.277. The lowest BCUT2D eigenvalue weighted by Crippen LogP contribution is -2.01. The summed E-state index contributed by atoms with van der Waals surface area (Å²) >= 11 is 0. The van der Waals surface area contributed by atoms with E-state index < -0.39 is 7.68 Å². The highest BCUT2D eigenvalue weighted by molar-refractivity contribution is 7.52. The summed E-state index contributed by atoms with van der Waals surface area (Å²) in [5, 5.41) is 0. The molecule has 0 aromatic heterocycles. The Hall–Kier alpha value is -1.77. The van der Waals surface area contributed by atoms with Gasteiger partial charge in [-0.05, 0) is 12.5 Å². The average Bonchev–Trinajstić information content (AvgIpc) is 2.48. The SMILES string of the molecule is CCOP(=O)(F)Cc1ccc(C(=O)c2ccccc2)cc1. The zero-order valence-electron chi connectivity index (χ0n) is 11.7. The quantitative estimate of drug-likeness (QED) is 0.578. The fraction of sp³-hybridized carbons (Fsp3) is 0.188. The van der Waals surface area contributed by atoms with Crippen molar-refractivity contribution in [1.82, 2.24) is 0 Å². The Balaban J connectivity index is 2.13. The summed E-state index contributed by atoms with van der Waals surface area (Å²) in [5.41, 5.74) is 1.64. The first-order chi connectivity index (χ1) is 10.0. The molecular weight excluding hydrogens is 290 g/mol. The van der Waals surface area contributed by atoms with E-state index in [4.69, 9.17) is 0 Å². The predicted octanol–water partition coefficient (Wildman–Crippen LogP) is 4.62. The van der Waals surface area contributed by atoms with Crippen LogP contribution in [0.25, 0.3) is 0 Å². The van der Waals surface area contributed by atoms with E-state index in [0.29, 0.717) is 16.7 Å². The van der Waals surface area contributed by atoms with E-state index in [0.717, 1.165) is 0 Å². The zero-order valence-corrected chi connectivity index (χ0v) is 12.6. The Bertz CT molecular complexity index is 653. The van der Waals surface area contributed by atoms with Crippen LogP contribution in [0.1, 0.15) is 28.4 Å². The van der Waals surface area contributed by atoms with Gasteiger partial charge in [-0.2, -0.15) is 4.20 Å². The maximum Gasteiger partial charge on any atom is 0.371 e. The molecule has 0 fully saturated rings. The van der Waals surface area contributed by atoms with Crippen molar-refractivity contribution in [3.63, 3.8) is 0 Å². The molecular formula is C16H16FO3P. The molecule has 3 nitrogen and oxygen atoms in total. The fourth-order valence-corrected chi connectivity index (χ4v) is 3.10. The van der Waals surface area contributed by atoms with Gasteiger partial charge in [0.05, 0.1) is 12.8 Å². The first kappa shape index (κ1) is 15.6. The van der Waals surface area contributed by atoms with Gasteiger partial charge in [-0.15, -0.1) is 0 Å². The van der Waals surface area contributed by atoms with Crippen LogP contribution in [-0.4, -0.2) is 12.4 Å². The number of benzene rings is 2. The van der Waals surface area contributed by atoms with Gasteiger partial charge in [-0.1, -0.05) is 54.6 Å². The maximum atomic E-state index is 13.6. The van der Waals surface area contributed by atoms with Crippen molar-refractivity contribution < 1.29 is 18.1 Å². The van der Waals surface area contributed by atoms with Crippen molar-refractivity contribution in [1.29, 1.82) is 0 Å². The average molecular weight is 306 g/mol. The third-order valence-corrected chi connectivity index (χ3v) is 4.33. The van der Waals surface area contributed by atoms with Gasteiger partial charge in [0.15, 0.2) is 5.78 Å². The summed E-state index contributed by atoms with van der Waals surface area (Å²) in [4.78, 5) is 12.2. The Morgan fingerprint density at radius 2 is 1.62 bits per heavy atom. The molecule has 2 rings (SSSR count). The minimum atomic E-state index is -4.10. The maximum absolute atomic E-state index is 13.6. The van der Waals surface area contributed by atoms with E-state index in [1.807, 2.05) is 6.07 Å². The molecule has 5 heteroatoms. The van der Waals surface area contributed by atoms with Crippen molar-refractivity contribution in [3.8, 4) is 0 Å². The van der Waals surface area contributed by atoms with Gasteiger partial charge in [0.1, 0.15) is 0 Å². The standard InChI is InChI=1S/C16H16FO3P/c1-2-20-21(17,19)12-13-8-10-15(11-9-13)16(18)14-6-4-3-5-7-14/h3-11H,2,12H2,1H3. The second-order valence-corrected chi connectivity index (χ2v) is 6.31. The van der Waals surface area contributed by atoms with Gasteiger partial charge >= 0.3 is 7.68 Å². The van der Waals surface area contributed by atoms with Gasteiger partial charge in [0.25, 0.3) is 0 Å². The van der Waals surface area contributed by atoms with Crippen LogP contribution < -0.4 is 0 Å². The summed E-state index contributed by atoms with van der Waals surface area (Å²) in [7, 11) is -4.10. The third-order valence-electron chi connectivity index (χ3n) is 2.95. The van der Waals surface area contributed by atoms with E-state index >= 15 is 0 Å². The van der Waals surface area contributed by atoms with Gasteiger partial charge in [-0.3, -0.25) is 9.36 Å². The number of rotatable bonds is 6. The largest absolute Gasteiger partial charge is 0.371 e. The number of hydrogen-bond donors (Lipinski definition) is 0. The smallest absolute Gasteiger partial charge is 0.306 e. The molecule has 1 atom stereocenters. The first-order valence-corrected chi connectivity index (χ1v) is 8.34. The first-order valence-electron chi connectivity index (χ1n) is 6.64. The lowest BCUT2D eigenvalue weighted by atomic mass is 10.0. The molecule has 110 valence electrons. The highest BCUT2D eigenvalue weighted by Crippen LogP contribution is 2.51. The van der Waals surface area contributed by atoms with E-state index in [-0.39, 0.29) is 18.6 Å². The van der Waals surface area contributed by atoms with Gasteiger partial charge in [0.2, 0.25) is 0 Å². The Labute approximate surface area is 123 Å². The van der Waals surface area contributed by atoms with Crippen LogP contribution in [0, 0.1) is 0 Å². The lowest BCUT2D eigenvalue weighted by molar-refractivity contribution is 0.103. The number of ketones is 1. The molecule has 0 bridgehead atoms. The summed E-state index contributed by atoms with van der Waals surface area (Å²) < 4.78 is 29.6. The molecule has 0 aliphatic heterocycles. The molecule has 0 amide bonds. The Morgan fingerprint density at radius 3 is 2.19 bits per heavy atom. The molecule has 2 aromatic rings.